The van der Waals surface area contributed by atoms with Gasteiger partial charge in [-0.15, -0.1) is 0 Å². The van der Waals surface area contributed by atoms with Crippen molar-refractivity contribution in [3.05, 3.63) is 74.1 Å². The van der Waals surface area contributed by atoms with Gasteiger partial charge in [0, 0.05) is 24.6 Å². The number of nitrogens with two attached hydrogens (primary N) is 1. The predicted molar refractivity (Wildman–Crippen MR) is 110 cm³/mol. The quantitative estimate of drug-likeness (QED) is 0.664. The van der Waals surface area contributed by atoms with Gasteiger partial charge in [0.2, 0.25) is 17.1 Å². The molecule has 29 heavy (non-hydrogen) atoms. The lowest BCUT2D eigenvalue weighted by Crippen LogP contribution is -2.29. The van der Waals surface area contributed by atoms with Gasteiger partial charge in [-0.1, -0.05) is 32.0 Å². The van der Waals surface area contributed by atoms with E-state index in [-0.39, 0.29) is 35.0 Å². The summed E-state index contributed by atoms with van der Waals surface area (Å²) in [4.78, 5) is 37.3. The number of fused-ring (bicyclic) bond motifs is 1. The van der Waals surface area contributed by atoms with Crippen LogP contribution in [0.15, 0.2) is 50.4 Å². The number of pyridine rings is 1. The molecule has 3 aromatic rings. The Morgan fingerprint density at radius 1 is 1.21 bits per heavy atom. The summed E-state index contributed by atoms with van der Waals surface area (Å²) in [6.07, 6.45) is -0.283. The summed E-state index contributed by atoms with van der Waals surface area (Å²) < 4.78 is 7.24. The molecule has 0 spiro atoms. The third-order valence-electron chi connectivity index (χ3n) is 4.75. The molecule has 0 saturated carbocycles. The number of carbonyl (C=O) groups is 1. The van der Waals surface area contributed by atoms with E-state index in [4.69, 9.17) is 10.2 Å². The van der Waals surface area contributed by atoms with Crippen molar-refractivity contribution in [2.24, 2.45) is 11.7 Å². The lowest BCUT2D eigenvalue weighted by Gasteiger charge is -2.20. The highest BCUT2D eigenvalue weighted by Gasteiger charge is 2.28. The molecule has 0 bridgehead atoms. The first-order chi connectivity index (χ1) is 13.7. The van der Waals surface area contributed by atoms with Gasteiger partial charge in [-0.05, 0) is 30.4 Å². The van der Waals surface area contributed by atoms with Gasteiger partial charge >= 0.3 is 0 Å². The first-order valence-electron chi connectivity index (χ1n) is 9.43. The smallest absolute Gasteiger partial charge is 0.255 e. The summed E-state index contributed by atoms with van der Waals surface area (Å²) in [6.45, 7) is 6.03. The van der Waals surface area contributed by atoms with Crippen molar-refractivity contribution in [1.82, 2.24) is 4.57 Å². The molecule has 0 unspecified atom stereocenters. The Bertz CT molecular complexity index is 1190. The molecule has 3 N–H and O–H groups in total. The maximum Gasteiger partial charge on any atom is 0.255 e. The van der Waals surface area contributed by atoms with Gasteiger partial charge in [0.05, 0.1) is 11.4 Å². The lowest BCUT2D eigenvalue weighted by atomic mass is 9.91. The Balaban J connectivity index is 2.35. The van der Waals surface area contributed by atoms with Crippen molar-refractivity contribution in [3.63, 3.8) is 0 Å². The Hall–Kier alpha value is -3.35. The minimum atomic E-state index is -0.976. The predicted octanol–water partition coefficient (Wildman–Crippen LogP) is 2.63. The van der Waals surface area contributed by atoms with E-state index in [9.17, 15) is 19.5 Å². The van der Waals surface area contributed by atoms with Crippen molar-refractivity contribution >= 4 is 16.8 Å². The number of para-hydroxylation sites is 1. The fraction of sp³-hybridized carbons (Fsp3) is 0.318. The highest BCUT2D eigenvalue weighted by molar-refractivity contribution is 5.81. The molecule has 2 heterocycles. The van der Waals surface area contributed by atoms with Crippen LogP contribution in [0.4, 0.5) is 0 Å². The molecule has 1 amide bonds. The number of aromatic nitrogens is 1. The molecule has 7 heteroatoms. The number of aromatic hydroxyl groups is 1. The van der Waals surface area contributed by atoms with Gasteiger partial charge in [0.25, 0.3) is 5.56 Å². The first kappa shape index (κ1) is 20.4. The van der Waals surface area contributed by atoms with Crippen molar-refractivity contribution in [1.29, 1.82) is 0 Å². The van der Waals surface area contributed by atoms with Crippen LogP contribution in [0.25, 0.3) is 10.9 Å². The summed E-state index contributed by atoms with van der Waals surface area (Å²) in [5, 5.41) is 11.1. The van der Waals surface area contributed by atoms with Gasteiger partial charge < -0.3 is 19.8 Å². The SMILES string of the molecule is Cc1cc(=O)c(O)c([C@H](CC(N)=O)c2cc3ccccc3n(CC(C)C)c2=O)o1. The van der Waals surface area contributed by atoms with Crippen molar-refractivity contribution in [3.8, 4) is 5.75 Å². The van der Waals surface area contributed by atoms with Crippen molar-refractivity contribution in [2.45, 2.75) is 39.7 Å². The zero-order valence-corrected chi connectivity index (χ0v) is 16.6. The molecule has 7 nitrogen and oxygen atoms in total. The second-order valence-electron chi connectivity index (χ2n) is 7.63. The Kier molecular flexibility index (Phi) is 5.59. The molecule has 1 atom stereocenters. The van der Waals surface area contributed by atoms with Gasteiger partial charge in [-0.3, -0.25) is 14.4 Å². The number of nitrogens with zero attached hydrogens (tertiary/aromatic N) is 1. The van der Waals surface area contributed by atoms with Crippen LogP contribution in [0.2, 0.25) is 0 Å². The average molecular weight is 396 g/mol. The summed E-state index contributed by atoms with van der Waals surface area (Å²) in [6, 6.07) is 10.2. The van der Waals surface area contributed by atoms with E-state index < -0.39 is 23.0 Å². The molecule has 0 fully saturated rings. The van der Waals surface area contributed by atoms with Crippen LogP contribution in [0.3, 0.4) is 0 Å². The van der Waals surface area contributed by atoms with Crippen LogP contribution in [0, 0.1) is 12.8 Å². The molecular formula is C22H24N2O5. The number of benzene rings is 1. The number of amides is 1. The second-order valence-corrected chi connectivity index (χ2v) is 7.63. The van der Waals surface area contributed by atoms with E-state index in [0.717, 1.165) is 17.0 Å². The summed E-state index contributed by atoms with van der Waals surface area (Å²) in [5.74, 6) is -1.94. The minimum Gasteiger partial charge on any atom is -0.502 e. The number of carbonyl (C=O) groups excluding carboxylic acids is 1. The standard InChI is InChI=1S/C22H24N2O5/c1-12(2)11-24-17-7-5-4-6-14(17)9-16(22(24)28)15(10-19(23)26)21-20(27)18(25)8-13(3)29-21/h4-9,12,15,27H,10-11H2,1-3H3,(H2,23,26)/t15-/m1/s1. The monoisotopic (exact) mass is 396 g/mol. The molecule has 0 aliphatic rings. The van der Waals surface area contributed by atoms with E-state index in [1.165, 1.54) is 0 Å². The summed E-state index contributed by atoms with van der Waals surface area (Å²) in [5.41, 5.74) is 5.49. The van der Waals surface area contributed by atoms with Crippen LogP contribution < -0.4 is 16.7 Å². The van der Waals surface area contributed by atoms with Gasteiger partial charge in [-0.25, -0.2) is 0 Å². The third kappa shape index (κ3) is 4.08. The molecule has 0 radical (unpaired) electrons. The minimum absolute atomic E-state index is 0.128. The second kappa shape index (κ2) is 7.95. The number of hydrogen-bond donors (Lipinski definition) is 2. The van der Waals surface area contributed by atoms with E-state index in [2.05, 4.69) is 0 Å². The topological polar surface area (TPSA) is 116 Å². The van der Waals surface area contributed by atoms with Crippen LogP contribution >= 0.6 is 0 Å². The van der Waals surface area contributed by atoms with Crippen LogP contribution in [-0.2, 0) is 11.3 Å². The molecule has 0 aliphatic heterocycles. The maximum absolute atomic E-state index is 13.4. The third-order valence-corrected chi connectivity index (χ3v) is 4.75. The molecule has 3 rings (SSSR count). The fourth-order valence-corrected chi connectivity index (χ4v) is 3.55. The molecule has 0 saturated heterocycles. The van der Waals surface area contributed by atoms with Crippen molar-refractivity contribution in [2.75, 3.05) is 0 Å². The number of hydrogen-bond acceptors (Lipinski definition) is 5. The van der Waals surface area contributed by atoms with Crippen LogP contribution in [-0.4, -0.2) is 15.6 Å². The Morgan fingerprint density at radius 2 is 1.90 bits per heavy atom. The lowest BCUT2D eigenvalue weighted by molar-refractivity contribution is -0.118. The highest BCUT2D eigenvalue weighted by atomic mass is 16.4. The number of rotatable bonds is 6. The zero-order chi connectivity index (χ0) is 21.3. The molecule has 152 valence electrons. The van der Waals surface area contributed by atoms with Gasteiger partial charge in [-0.2, -0.15) is 0 Å². The average Bonchev–Trinajstić information content (AvgIpc) is 2.64. The van der Waals surface area contributed by atoms with E-state index in [1.54, 1.807) is 17.6 Å². The van der Waals surface area contributed by atoms with E-state index in [0.29, 0.717) is 6.54 Å². The van der Waals surface area contributed by atoms with E-state index in [1.807, 2.05) is 38.1 Å². The Labute approximate surface area is 167 Å². The maximum atomic E-state index is 13.4. The highest BCUT2D eigenvalue weighted by Crippen LogP contribution is 2.32. The fourth-order valence-electron chi connectivity index (χ4n) is 3.55. The van der Waals surface area contributed by atoms with Crippen LogP contribution in [0.1, 0.15) is 43.3 Å². The Morgan fingerprint density at radius 3 is 2.55 bits per heavy atom. The largest absolute Gasteiger partial charge is 0.502 e. The van der Waals surface area contributed by atoms with E-state index >= 15 is 0 Å². The van der Waals surface area contributed by atoms with Crippen LogP contribution in [0.5, 0.6) is 5.75 Å². The van der Waals surface area contributed by atoms with Crippen molar-refractivity contribution < 1.29 is 14.3 Å². The molecule has 1 aromatic carbocycles. The summed E-state index contributed by atoms with van der Waals surface area (Å²) >= 11 is 0. The zero-order valence-electron chi connectivity index (χ0n) is 16.6. The molecule has 0 aliphatic carbocycles. The molecule has 2 aromatic heterocycles. The summed E-state index contributed by atoms with van der Waals surface area (Å²) in [7, 11) is 0. The first-order valence-corrected chi connectivity index (χ1v) is 9.43. The number of aryl methyl sites for hydroxylation is 1. The number of primary amides is 1. The van der Waals surface area contributed by atoms with Gasteiger partial charge in [0.15, 0.2) is 5.76 Å². The normalized spacial score (nSPS) is 12.4. The van der Waals surface area contributed by atoms with Gasteiger partial charge in [0.1, 0.15) is 5.76 Å². The molecular weight excluding hydrogens is 372 g/mol.